The summed E-state index contributed by atoms with van der Waals surface area (Å²) in [6, 6.07) is 8.56. The number of nitriles is 1. The van der Waals surface area contributed by atoms with E-state index in [-0.39, 0.29) is 5.56 Å². The molecule has 0 saturated carbocycles. The van der Waals surface area contributed by atoms with Gasteiger partial charge in [0.2, 0.25) is 0 Å². The van der Waals surface area contributed by atoms with Crippen molar-refractivity contribution in [2.24, 2.45) is 0 Å². The molecule has 1 aromatic heterocycles. The summed E-state index contributed by atoms with van der Waals surface area (Å²) in [5.74, 6) is 0. The van der Waals surface area contributed by atoms with Gasteiger partial charge in [-0.25, -0.2) is 4.98 Å². The Labute approximate surface area is 125 Å². The maximum Gasteiger partial charge on any atom is 0.251 e. The summed E-state index contributed by atoms with van der Waals surface area (Å²) in [5.41, 5.74) is 1.10. The molecule has 0 saturated heterocycles. The summed E-state index contributed by atoms with van der Waals surface area (Å²) in [6.07, 6.45) is 1.69. The number of halogens is 1. The van der Waals surface area contributed by atoms with Crippen molar-refractivity contribution in [3.63, 3.8) is 0 Å². The van der Waals surface area contributed by atoms with E-state index in [1.165, 1.54) is 17.8 Å². The Morgan fingerprint density at radius 3 is 2.90 bits per heavy atom. The number of nitrogens with zero attached hydrogens (tertiary/aromatic N) is 2. The third kappa shape index (κ3) is 3.62. The molecule has 0 radical (unpaired) electrons. The zero-order valence-corrected chi connectivity index (χ0v) is 12.4. The van der Waals surface area contributed by atoms with E-state index >= 15 is 0 Å². The third-order valence-corrected chi connectivity index (χ3v) is 3.93. The first-order valence-corrected chi connectivity index (χ1v) is 7.29. The second kappa shape index (κ2) is 6.60. The Hall–Kier alpha value is -1.77. The molecular formula is C14H12ClN3OS. The molecule has 0 aliphatic carbocycles. The molecule has 6 heteroatoms. The minimum absolute atomic E-state index is 0.171. The fourth-order valence-electron chi connectivity index (χ4n) is 1.67. The Balaban J connectivity index is 2.30. The van der Waals surface area contributed by atoms with Crippen molar-refractivity contribution in [1.29, 1.82) is 5.26 Å². The monoisotopic (exact) mass is 305 g/mol. The molecule has 0 atom stereocenters. The Morgan fingerprint density at radius 1 is 1.45 bits per heavy atom. The number of rotatable bonds is 4. The Morgan fingerprint density at radius 2 is 2.25 bits per heavy atom. The molecule has 102 valence electrons. The molecule has 1 N–H and O–H groups in total. The minimum Gasteiger partial charge on any atom is -0.301 e. The van der Waals surface area contributed by atoms with Crippen LogP contribution in [0.1, 0.15) is 24.6 Å². The van der Waals surface area contributed by atoms with Crippen LogP contribution in [0.5, 0.6) is 0 Å². The molecule has 20 heavy (non-hydrogen) atoms. The van der Waals surface area contributed by atoms with E-state index in [0.717, 1.165) is 23.4 Å². The van der Waals surface area contributed by atoms with Crippen molar-refractivity contribution >= 4 is 23.4 Å². The zero-order chi connectivity index (χ0) is 14.5. The molecule has 4 nitrogen and oxygen atoms in total. The summed E-state index contributed by atoms with van der Waals surface area (Å²) < 4.78 is 0. The average molecular weight is 306 g/mol. The molecule has 0 fully saturated rings. The summed E-state index contributed by atoms with van der Waals surface area (Å²) in [5, 5.41) is 9.78. The molecule has 0 unspecified atom stereocenters. The lowest BCUT2D eigenvalue weighted by molar-refractivity contribution is 0.816. The van der Waals surface area contributed by atoms with E-state index in [4.69, 9.17) is 16.9 Å². The minimum atomic E-state index is -0.171. The van der Waals surface area contributed by atoms with Crippen molar-refractivity contribution in [3.8, 4) is 6.07 Å². The highest BCUT2D eigenvalue weighted by atomic mass is 35.5. The van der Waals surface area contributed by atoms with Gasteiger partial charge in [0, 0.05) is 16.7 Å². The van der Waals surface area contributed by atoms with Crippen molar-refractivity contribution in [1.82, 2.24) is 9.97 Å². The second-order valence-corrected chi connectivity index (χ2v) is 5.59. The van der Waals surface area contributed by atoms with Gasteiger partial charge in [-0.05, 0) is 24.6 Å². The van der Waals surface area contributed by atoms with Crippen LogP contribution in [0.15, 0.2) is 39.1 Å². The van der Waals surface area contributed by atoms with Crippen LogP contribution in [0.2, 0.25) is 5.02 Å². The highest BCUT2D eigenvalue weighted by Crippen LogP contribution is 2.31. The number of nitrogens with one attached hydrogen (secondary N) is 1. The third-order valence-electron chi connectivity index (χ3n) is 2.55. The van der Waals surface area contributed by atoms with Gasteiger partial charge in [0.05, 0.1) is 16.7 Å². The van der Waals surface area contributed by atoms with E-state index in [1.807, 2.05) is 13.0 Å². The van der Waals surface area contributed by atoms with E-state index in [2.05, 4.69) is 9.97 Å². The molecule has 1 heterocycles. The van der Waals surface area contributed by atoms with Gasteiger partial charge in [0.25, 0.3) is 5.56 Å². The van der Waals surface area contributed by atoms with Gasteiger partial charge in [-0.15, -0.1) is 0 Å². The van der Waals surface area contributed by atoms with Gasteiger partial charge in [-0.2, -0.15) is 5.26 Å². The second-order valence-electron chi connectivity index (χ2n) is 4.15. The number of H-pyrrole nitrogens is 1. The van der Waals surface area contributed by atoms with Crippen molar-refractivity contribution < 1.29 is 0 Å². The van der Waals surface area contributed by atoms with Gasteiger partial charge >= 0.3 is 0 Å². The number of aromatic amines is 1. The smallest absolute Gasteiger partial charge is 0.251 e. The summed E-state index contributed by atoms with van der Waals surface area (Å²) in [6.45, 7) is 2.03. The van der Waals surface area contributed by atoms with Gasteiger partial charge in [0.1, 0.15) is 0 Å². The SMILES string of the molecule is CCCc1cc(=O)[nH]c(Sc2ccc(C#N)cc2Cl)n1. The highest BCUT2D eigenvalue weighted by Gasteiger charge is 2.07. The first kappa shape index (κ1) is 14.6. The first-order chi connectivity index (χ1) is 9.62. The van der Waals surface area contributed by atoms with Gasteiger partial charge < -0.3 is 4.98 Å². The lowest BCUT2D eigenvalue weighted by Crippen LogP contribution is -2.09. The standard InChI is InChI=1S/C14H12ClN3OS/c1-2-3-10-7-13(19)18-14(17-10)20-12-5-4-9(8-16)6-11(12)15/h4-7H,2-3H2,1H3,(H,17,18,19). The summed E-state index contributed by atoms with van der Waals surface area (Å²) >= 11 is 7.39. The molecule has 0 aliphatic heterocycles. The van der Waals surface area contributed by atoms with Crippen LogP contribution >= 0.6 is 23.4 Å². The van der Waals surface area contributed by atoms with E-state index in [1.54, 1.807) is 18.2 Å². The Bertz CT molecular complexity index is 721. The predicted octanol–water partition coefficient (Wildman–Crippen LogP) is 3.40. The van der Waals surface area contributed by atoms with E-state index in [0.29, 0.717) is 15.7 Å². The van der Waals surface area contributed by atoms with Crippen LogP contribution in [0, 0.1) is 11.3 Å². The molecule has 0 amide bonds. The van der Waals surface area contributed by atoms with E-state index in [9.17, 15) is 4.79 Å². The summed E-state index contributed by atoms with van der Waals surface area (Å²) in [4.78, 5) is 19.4. The van der Waals surface area contributed by atoms with Gasteiger partial charge in [0.15, 0.2) is 5.16 Å². The lowest BCUT2D eigenvalue weighted by atomic mass is 10.2. The number of aromatic nitrogens is 2. The maximum atomic E-state index is 11.6. The Kier molecular flexibility index (Phi) is 4.83. The molecule has 1 aromatic carbocycles. The van der Waals surface area contributed by atoms with E-state index < -0.39 is 0 Å². The van der Waals surface area contributed by atoms with Crippen LogP contribution in [-0.4, -0.2) is 9.97 Å². The highest BCUT2D eigenvalue weighted by molar-refractivity contribution is 7.99. The topological polar surface area (TPSA) is 69.5 Å². The van der Waals surface area contributed by atoms with Crippen molar-refractivity contribution in [2.75, 3.05) is 0 Å². The van der Waals surface area contributed by atoms with Crippen molar-refractivity contribution in [3.05, 3.63) is 50.9 Å². The van der Waals surface area contributed by atoms with Gasteiger partial charge in [-0.1, -0.05) is 36.7 Å². The fourth-order valence-corrected chi connectivity index (χ4v) is 2.78. The van der Waals surface area contributed by atoms with Crippen LogP contribution in [0.4, 0.5) is 0 Å². The number of hydrogen-bond acceptors (Lipinski definition) is 4. The van der Waals surface area contributed by atoms with Crippen LogP contribution < -0.4 is 5.56 Å². The molecule has 0 aliphatic rings. The zero-order valence-electron chi connectivity index (χ0n) is 10.8. The van der Waals surface area contributed by atoms with Crippen LogP contribution in [0.3, 0.4) is 0 Å². The summed E-state index contributed by atoms with van der Waals surface area (Å²) in [7, 11) is 0. The molecule has 0 spiro atoms. The molecule has 2 rings (SSSR count). The van der Waals surface area contributed by atoms with Gasteiger partial charge in [-0.3, -0.25) is 4.79 Å². The molecular weight excluding hydrogens is 294 g/mol. The number of hydrogen-bond donors (Lipinski definition) is 1. The predicted molar refractivity (Wildman–Crippen MR) is 79.1 cm³/mol. The average Bonchev–Trinajstić information content (AvgIpc) is 2.41. The molecule has 2 aromatic rings. The first-order valence-electron chi connectivity index (χ1n) is 6.10. The quantitative estimate of drug-likeness (QED) is 0.879. The van der Waals surface area contributed by atoms with Crippen molar-refractivity contribution in [2.45, 2.75) is 29.8 Å². The molecule has 0 bridgehead atoms. The lowest BCUT2D eigenvalue weighted by Gasteiger charge is -2.05. The fraction of sp³-hybridized carbons (Fsp3) is 0.214. The number of benzene rings is 1. The maximum absolute atomic E-state index is 11.6. The van der Waals surface area contributed by atoms with Crippen LogP contribution in [-0.2, 0) is 6.42 Å². The van der Waals surface area contributed by atoms with Crippen LogP contribution in [0.25, 0.3) is 0 Å². The normalized spacial score (nSPS) is 10.2. The largest absolute Gasteiger partial charge is 0.301 e. The number of aryl methyl sites for hydroxylation is 1.